The van der Waals surface area contributed by atoms with Gasteiger partial charge in [-0.1, -0.05) is 30.3 Å². The fraction of sp³-hybridized carbons (Fsp3) is 0.0556. The second-order valence-electron chi connectivity index (χ2n) is 5.36. The highest BCUT2D eigenvalue weighted by atomic mass is 32.2. The molecule has 0 saturated carbocycles. The lowest BCUT2D eigenvalue weighted by Gasteiger charge is -2.03. The quantitative estimate of drug-likeness (QED) is 0.826. The van der Waals surface area contributed by atoms with Crippen molar-refractivity contribution in [2.75, 3.05) is 0 Å². The smallest absolute Gasteiger partial charge is 0.335 e. The number of thioether (sulfide) groups is 1. The minimum atomic E-state index is -1.04. The number of hydrogen-bond donors (Lipinski definition) is 2. The number of carbonyl (C=O) groups excluding carboxylic acids is 1. The number of benzene rings is 2. The van der Waals surface area contributed by atoms with E-state index < -0.39 is 5.97 Å². The van der Waals surface area contributed by atoms with Gasteiger partial charge in [-0.25, -0.2) is 9.79 Å². The van der Waals surface area contributed by atoms with Crippen molar-refractivity contribution in [3.8, 4) is 5.75 Å². The molecule has 1 aliphatic rings. The van der Waals surface area contributed by atoms with E-state index >= 15 is 0 Å². The number of aromatic carboxylic acids is 1. The number of hydrogen-bond acceptors (Lipinski definition) is 5. The van der Waals surface area contributed by atoms with Gasteiger partial charge in [0.05, 0.1) is 16.2 Å². The summed E-state index contributed by atoms with van der Waals surface area (Å²) in [5, 5.41) is 23.2. The maximum Gasteiger partial charge on any atom is 0.335 e. The first-order valence-corrected chi connectivity index (χ1v) is 8.14. The van der Waals surface area contributed by atoms with E-state index in [1.165, 1.54) is 24.3 Å². The Hall–Kier alpha value is -3.06. The Bertz CT molecular complexity index is 917. The van der Waals surface area contributed by atoms with Crippen LogP contribution in [0.1, 0.15) is 21.5 Å². The molecule has 3 rings (SSSR count). The molecule has 0 bridgehead atoms. The van der Waals surface area contributed by atoms with E-state index in [1.807, 2.05) is 6.92 Å². The summed E-state index contributed by atoms with van der Waals surface area (Å²) in [4.78, 5) is 27.9. The molecule has 1 fully saturated rings. The van der Waals surface area contributed by atoms with Gasteiger partial charge in [-0.2, -0.15) is 0 Å². The molecule has 2 aromatic rings. The number of carboxylic acid groups (broad SMARTS) is 1. The molecule has 1 aliphatic heterocycles. The van der Waals surface area contributed by atoms with Gasteiger partial charge in [0.1, 0.15) is 0 Å². The largest absolute Gasteiger partial charge is 0.872 e. The van der Waals surface area contributed by atoms with Crippen LogP contribution >= 0.6 is 11.8 Å². The fourth-order valence-corrected chi connectivity index (χ4v) is 3.00. The molecule has 0 radical (unpaired) electrons. The number of aliphatic imine (C=N–C) groups is 1. The van der Waals surface area contributed by atoms with E-state index in [-0.39, 0.29) is 17.2 Å². The van der Waals surface area contributed by atoms with Crippen LogP contribution in [0.5, 0.6) is 5.75 Å². The zero-order valence-electron chi connectivity index (χ0n) is 13.1. The third kappa shape index (κ3) is 3.89. The lowest BCUT2D eigenvalue weighted by Crippen LogP contribution is -2.19. The first-order valence-electron chi connectivity index (χ1n) is 7.33. The lowest BCUT2D eigenvalue weighted by molar-refractivity contribution is -0.268. The highest BCUT2D eigenvalue weighted by molar-refractivity contribution is 8.18. The topological polar surface area (TPSA) is 102 Å². The molecule has 126 valence electrons. The van der Waals surface area contributed by atoms with Gasteiger partial charge in [0.25, 0.3) is 5.91 Å². The average molecular weight is 353 g/mol. The summed E-state index contributed by atoms with van der Waals surface area (Å²) in [6.45, 7) is 1.81. The summed E-state index contributed by atoms with van der Waals surface area (Å²) in [5.74, 6) is -1.42. The van der Waals surface area contributed by atoms with Gasteiger partial charge in [-0.15, -0.1) is 5.75 Å². The van der Waals surface area contributed by atoms with Gasteiger partial charge < -0.3 is 15.5 Å². The fourth-order valence-electron chi connectivity index (χ4n) is 2.17. The van der Waals surface area contributed by atoms with E-state index in [1.54, 1.807) is 24.3 Å². The van der Waals surface area contributed by atoms with Crippen LogP contribution in [0.3, 0.4) is 0 Å². The van der Waals surface area contributed by atoms with Crippen LogP contribution in [0.25, 0.3) is 6.08 Å². The van der Waals surface area contributed by atoms with Crippen molar-refractivity contribution >= 4 is 40.6 Å². The van der Waals surface area contributed by atoms with Crippen LogP contribution in [0.15, 0.2) is 52.4 Å². The molecule has 0 spiro atoms. The molecule has 0 aliphatic carbocycles. The number of carbonyl (C=O) groups is 2. The standard InChI is InChI=1S/C18H14N2O4S/c1-10-2-5-12(17(23)24)9-14(10)19-18-20-16(22)15(25-18)8-11-3-6-13(21)7-4-11/h2-9,21H,1H3,(H,23,24)(H,19,20,22)/p-1/b15-8-. The normalized spacial score (nSPS) is 17.1. The molecule has 6 nitrogen and oxygen atoms in total. The molecular weight excluding hydrogens is 340 g/mol. The number of amides is 1. The van der Waals surface area contributed by atoms with Gasteiger partial charge >= 0.3 is 5.97 Å². The third-order valence-corrected chi connectivity index (χ3v) is 4.42. The van der Waals surface area contributed by atoms with E-state index in [0.717, 1.165) is 22.9 Å². The molecule has 0 atom stereocenters. The number of nitrogens with zero attached hydrogens (tertiary/aromatic N) is 1. The Balaban J connectivity index is 1.87. The number of aryl methyl sites for hydroxylation is 1. The predicted octanol–water partition coefficient (Wildman–Crippen LogP) is 2.66. The van der Waals surface area contributed by atoms with Crippen molar-refractivity contribution in [1.82, 2.24) is 5.32 Å². The minimum Gasteiger partial charge on any atom is -0.872 e. The van der Waals surface area contributed by atoms with Crippen LogP contribution in [-0.4, -0.2) is 22.2 Å². The molecule has 2 aromatic carbocycles. The Labute approximate surface area is 147 Å². The molecule has 2 N–H and O–H groups in total. The van der Waals surface area contributed by atoms with Crippen molar-refractivity contribution in [2.45, 2.75) is 6.92 Å². The molecular formula is C18H13N2O4S-. The Morgan fingerprint density at radius 3 is 2.64 bits per heavy atom. The van der Waals surface area contributed by atoms with Crippen molar-refractivity contribution in [3.63, 3.8) is 0 Å². The maximum absolute atomic E-state index is 12.1. The van der Waals surface area contributed by atoms with Crippen molar-refractivity contribution in [2.24, 2.45) is 4.99 Å². The summed E-state index contributed by atoms with van der Waals surface area (Å²) in [5.41, 5.74) is 2.16. The third-order valence-electron chi connectivity index (χ3n) is 3.51. The average Bonchev–Trinajstić information content (AvgIpc) is 2.91. The van der Waals surface area contributed by atoms with Gasteiger partial charge in [0.2, 0.25) is 0 Å². The lowest BCUT2D eigenvalue weighted by atomic mass is 10.1. The summed E-state index contributed by atoms with van der Waals surface area (Å²) in [6.07, 6.45) is 1.67. The van der Waals surface area contributed by atoms with Crippen molar-refractivity contribution < 1.29 is 19.8 Å². The molecule has 1 heterocycles. The second kappa shape index (κ2) is 6.82. The zero-order chi connectivity index (χ0) is 18.0. The summed E-state index contributed by atoms with van der Waals surface area (Å²) in [7, 11) is 0. The molecule has 7 heteroatoms. The first kappa shape index (κ1) is 16.8. The highest BCUT2D eigenvalue weighted by Gasteiger charge is 2.24. The second-order valence-corrected chi connectivity index (χ2v) is 6.39. The van der Waals surface area contributed by atoms with Crippen molar-refractivity contribution in [3.05, 3.63) is 64.1 Å². The van der Waals surface area contributed by atoms with E-state index in [4.69, 9.17) is 5.11 Å². The van der Waals surface area contributed by atoms with Gasteiger partial charge in [0.15, 0.2) is 5.17 Å². The van der Waals surface area contributed by atoms with E-state index in [9.17, 15) is 14.7 Å². The molecule has 1 saturated heterocycles. The van der Waals surface area contributed by atoms with Crippen LogP contribution in [0.2, 0.25) is 0 Å². The Morgan fingerprint density at radius 2 is 1.96 bits per heavy atom. The highest BCUT2D eigenvalue weighted by Crippen LogP contribution is 2.29. The summed E-state index contributed by atoms with van der Waals surface area (Å²) < 4.78 is 0. The van der Waals surface area contributed by atoms with E-state index in [0.29, 0.717) is 15.8 Å². The zero-order valence-corrected chi connectivity index (χ0v) is 14.0. The van der Waals surface area contributed by atoms with Gasteiger partial charge in [0, 0.05) is 0 Å². The van der Waals surface area contributed by atoms with Crippen LogP contribution in [0, 0.1) is 6.92 Å². The number of nitrogens with one attached hydrogen (secondary N) is 1. The molecule has 25 heavy (non-hydrogen) atoms. The van der Waals surface area contributed by atoms with Crippen LogP contribution in [0.4, 0.5) is 5.69 Å². The number of carboxylic acids is 1. The van der Waals surface area contributed by atoms with Crippen molar-refractivity contribution in [1.29, 1.82) is 0 Å². The number of rotatable bonds is 3. The van der Waals surface area contributed by atoms with Crippen LogP contribution < -0.4 is 10.4 Å². The van der Waals surface area contributed by atoms with E-state index in [2.05, 4.69) is 10.3 Å². The summed E-state index contributed by atoms with van der Waals surface area (Å²) >= 11 is 1.16. The summed E-state index contributed by atoms with van der Waals surface area (Å²) in [6, 6.07) is 10.8. The minimum absolute atomic E-state index is 0.0956. The molecule has 1 amide bonds. The SMILES string of the molecule is Cc1ccc(C(=O)O)cc1N=C1NC(=O)/C(=C/c2ccc([O-])cc2)S1. The van der Waals surface area contributed by atoms with Gasteiger partial charge in [-0.3, -0.25) is 4.79 Å². The van der Waals surface area contributed by atoms with Gasteiger partial charge in [-0.05, 0) is 48.0 Å². The van der Waals surface area contributed by atoms with Crippen LogP contribution in [-0.2, 0) is 4.79 Å². The first-order chi connectivity index (χ1) is 11.9. The predicted molar refractivity (Wildman–Crippen MR) is 94.8 cm³/mol. The monoisotopic (exact) mass is 353 g/mol. The molecule has 0 aromatic heterocycles. The Kier molecular flexibility index (Phi) is 4.58. The Morgan fingerprint density at radius 1 is 1.24 bits per heavy atom. The maximum atomic E-state index is 12.1. The molecule has 0 unspecified atom stereocenters. The number of amidine groups is 1.